The number of nitrogens with zero attached hydrogens (tertiary/aromatic N) is 3. The van der Waals surface area contributed by atoms with E-state index in [1.54, 1.807) is 12.1 Å². The molecular weight excluding hydrogens is 350 g/mol. The van der Waals surface area contributed by atoms with Gasteiger partial charge in [-0.25, -0.2) is 4.98 Å². The Balaban J connectivity index is 1.63. The predicted molar refractivity (Wildman–Crippen MR) is 101 cm³/mol. The molecule has 1 aromatic carbocycles. The average Bonchev–Trinajstić information content (AvgIpc) is 3.08. The number of benzene rings is 1. The van der Waals surface area contributed by atoms with E-state index >= 15 is 0 Å². The van der Waals surface area contributed by atoms with Crippen LogP contribution in [0, 0.1) is 11.3 Å². The summed E-state index contributed by atoms with van der Waals surface area (Å²) >= 11 is 1.52. The summed E-state index contributed by atoms with van der Waals surface area (Å²) < 4.78 is 6.97. The third-order valence-electron chi connectivity index (χ3n) is 3.97. The van der Waals surface area contributed by atoms with Crippen molar-refractivity contribution in [1.29, 1.82) is 5.26 Å². The lowest BCUT2D eigenvalue weighted by Gasteiger charge is -2.14. The largest absolute Gasteiger partial charge is 0.491 e. The van der Waals surface area contributed by atoms with Gasteiger partial charge in [0.25, 0.3) is 5.56 Å². The minimum absolute atomic E-state index is 0.0614. The average molecular weight is 369 g/mol. The van der Waals surface area contributed by atoms with Gasteiger partial charge in [-0.2, -0.15) is 5.26 Å². The fourth-order valence-corrected chi connectivity index (χ4v) is 3.51. The smallest absolute Gasteiger partial charge is 0.262 e. The summed E-state index contributed by atoms with van der Waals surface area (Å²) in [5, 5.41) is 19.5. The van der Waals surface area contributed by atoms with Gasteiger partial charge >= 0.3 is 0 Å². The standard InChI is InChI=1S/C19H19N3O3S/c1-2-16-9-17-18(26-16)21-12-22(19(17)24)10-14(23)11-25-15-5-3-13(4-6-15)7-8-20/h3-6,9,12,14,23H,2,7,10-11H2,1H3. The molecule has 0 aliphatic rings. The van der Waals surface area contributed by atoms with Crippen LogP contribution < -0.4 is 10.3 Å². The first-order valence-corrected chi connectivity index (χ1v) is 9.17. The molecule has 134 valence electrons. The minimum atomic E-state index is -0.838. The van der Waals surface area contributed by atoms with Crippen molar-refractivity contribution in [2.45, 2.75) is 32.4 Å². The molecule has 0 fully saturated rings. The molecule has 2 aromatic heterocycles. The Kier molecular flexibility index (Phi) is 5.66. The Morgan fingerprint density at radius 1 is 1.38 bits per heavy atom. The minimum Gasteiger partial charge on any atom is -0.491 e. The zero-order chi connectivity index (χ0) is 18.5. The van der Waals surface area contributed by atoms with Crippen molar-refractivity contribution < 1.29 is 9.84 Å². The SMILES string of the molecule is CCc1cc2c(=O)n(CC(O)COc3ccc(CC#N)cc3)cnc2s1. The molecule has 1 atom stereocenters. The molecule has 0 bridgehead atoms. The quantitative estimate of drug-likeness (QED) is 0.691. The van der Waals surface area contributed by atoms with Crippen LogP contribution in [0.5, 0.6) is 5.75 Å². The highest BCUT2D eigenvalue weighted by molar-refractivity contribution is 7.18. The summed E-state index contributed by atoms with van der Waals surface area (Å²) in [5.41, 5.74) is 0.763. The summed E-state index contributed by atoms with van der Waals surface area (Å²) in [7, 11) is 0. The Morgan fingerprint density at radius 3 is 2.85 bits per heavy atom. The normalized spacial score (nSPS) is 12.0. The molecule has 0 saturated carbocycles. The topological polar surface area (TPSA) is 88.1 Å². The van der Waals surface area contributed by atoms with Gasteiger partial charge in [0.15, 0.2) is 0 Å². The first kappa shape index (κ1) is 18.1. The molecule has 2 heterocycles. The third-order valence-corrected chi connectivity index (χ3v) is 5.16. The number of aliphatic hydroxyl groups is 1. The molecule has 7 heteroatoms. The van der Waals surface area contributed by atoms with E-state index in [1.807, 2.05) is 25.1 Å². The first-order valence-electron chi connectivity index (χ1n) is 8.35. The highest BCUT2D eigenvalue weighted by Gasteiger charge is 2.12. The van der Waals surface area contributed by atoms with E-state index in [9.17, 15) is 9.90 Å². The van der Waals surface area contributed by atoms with Gasteiger partial charge in [-0.1, -0.05) is 19.1 Å². The number of thiophene rings is 1. The number of aryl methyl sites for hydroxylation is 1. The van der Waals surface area contributed by atoms with Crippen LogP contribution in [0.4, 0.5) is 0 Å². The molecular formula is C19H19N3O3S. The van der Waals surface area contributed by atoms with Gasteiger partial charge in [-0.3, -0.25) is 9.36 Å². The van der Waals surface area contributed by atoms with Crippen LogP contribution in [-0.2, 0) is 19.4 Å². The van der Waals surface area contributed by atoms with Crippen LogP contribution in [0.3, 0.4) is 0 Å². The number of aliphatic hydroxyl groups excluding tert-OH is 1. The van der Waals surface area contributed by atoms with Crippen LogP contribution in [0.2, 0.25) is 0 Å². The number of hydrogen-bond donors (Lipinski definition) is 1. The molecule has 0 saturated heterocycles. The summed E-state index contributed by atoms with van der Waals surface area (Å²) in [4.78, 5) is 18.7. The van der Waals surface area contributed by atoms with Crippen molar-refractivity contribution in [3.8, 4) is 11.8 Å². The van der Waals surface area contributed by atoms with Crippen molar-refractivity contribution in [3.63, 3.8) is 0 Å². The lowest BCUT2D eigenvalue weighted by Crippen LogP contribution is -2.30. The number of rotatable bonds is 7. The number of nitriles is 1. The Bertz CT molecular complexity index is 986. The highest BCUT2D eigenvalue weighted by Crippen LogP contribution is 2.21. The number of fused-ring (bicyclic) bond motifs is 1. The lowest BCUT2D eigenvalue weighted by atomic mass is 10.2. The molecule has 6 nitrogen and oxygen atoms in total. The van der Waals surface area contributed by atoms with Gasteiger partial charge < -0.3 is 9.84 Å². The molecule has 0 spiro atoms. The van der Waals surface area contributed by atoms with E-state index in [0.717, 1.165) is 21.7 Å². The second-order valence-electron chi connectivity index (χ2n) is 5.93. The molecule has 1 unspecified atom stereocenters. The summed E-state index contributed by atoms with van der Waals surface area (Å²) in [6.07, 6.45) is 1.85. The van der Waals surface area contributed by atoms with Gasteiger partial charge in [-0.05, 0) is 30.2 Å². The van der Waals surface area contributed by atoms with Crippen LogP contribution in [0.1, 0.15) is 17.4 Å². The number of ether oxygens (including phenoxy) is 1. The molecule has 0 radical (unpaired) electrons. The van der Waals surface area contributed by atoms with Crippen molar-refractivity contribution in [3.05, 3.63) is 57.5 Å². The zero-order valence-corrected chi connectivity index (χ0v) is 15.2. The van der Waals surface area contributed by atoms with E-state index < -0.39 is 6.10 Å². The van der Waals surface area contributed by atoms with E-state index in [4.69, 9.17) is 10.00 Å². The van der Waals surface area contributed by atoms with Crippen molar-refractivity contribution in [2.75, 3.05) is 6.61 Å². The Labute approximate surface area is 154 Å². The predicted octanol–water partition coefficient (Wildman–Crippen LogP) is 2.53. The second-order valence-corrected chi connectivity index (χ2v) is 7.05. The van der Waals surface area contributed by atoms with E-state index in [2.05, 4.69) is 11.1 Å². The fraction of sp³-hybridized carbons (Fsp3) is 0.316. The third kappa shape index (κ3) is 4.10. The molecule has 3 aromatic rings. The van der Waals surface area contributed by atoms with Gasteiger partial charge in [0.05, 0.1) is 30.7 Å². The van der Waals surface area contributed by atoms with Gasteiger partial charge in [0, 0.05) is 4.88 Å². The second kappa shape index (κ2) is 8.13. The molecule has 0 amide bonds. The van der Waals surface area contributed by atoms with Gasteiger partial charge in [0.1, 0.15) is 23.3 Å². The van der Waals surface area contributed by atoms with Gasteiger partial charge in [-0.15, -0.1) is 11.3 Å². The van der Waals surface area contributed by atoms with Crippen LogP contribution >= 0.6 is 11.3 Å². The monoisotopic (exact) mass is 369 g/mol. The molecule has 0 aliphatic heterocycles. The number of hydrogen-bond acceptors (Lipinski definition) is 6. The number of aromatic nitrogens is 2. The maximum Gasteiger partial charge on any atom is 0.262 e. The lowest BCUT2D eigenvalue weighted by molar-refractivity contribution is 0.0915. The van der Waals surface area contributed by atoms with Crippen LogP contribution in [0.15, 0.2) is 41.5 Å². The van der Waals surface area contributed by atoms with Crippen LogP contribution in [-0.4, -0.2) is 27.4 Å². The highest BCUT2D eigenvalue weighted by atomic mass is 32.1. The fourth-order valence-electron chi connectivity index (χ4n) is 2.58. The Hall–Kier alpha value is -2.69. The van der Waals surface area contributed by atoms with E-state index in [1.165, 1.54) is 22.2 Å². The van der Waals surface area contributed by atoms with Crippen molar-refractivity contribution in [1.82, 2.24) is 9.55 Å². The molecule has 26 heavy (non-hydrogen) atoms. The van der Waals surface area contributed by atoms with E-state index in [-0.39, 0.29) is 18.7 Å². The summed E-state index contributed by atoms with van der Waals surface area (Å²) in [6, 6.07) is 11.1. The Morgan fingerprint density at radius 2 is 2.15 bits per heavy atom. The summed E-state index contributed by atoms with van der Waals surface area (Å²) in [6.45, 7) is 2.22. The van der Waals surface area contributed by atoms with E-state index in [0.29, 0.717) is 17.6 Å². The zero-order valence-electron chi connectivity index (χ0n) is 14.4. The molecule has 1 N–H and O–H groups in total. The first-order chi connectivity index (χ1) is 12.6. The van der Waals surface area contributed by atoms with Crippen molar-refractivity contribution >= 4 is 21.6 Å². The molecule has 3 rings (SSSR count). The molecule has 0 aliphatic carbocycles. The maximum absolute atomic E-state index is 12.5. The van der Waals surface area contributed by atoms with Crippen LogP contribution in [0.25, 0.3) is 10.2 Å². The maximum atomic E-state index is 12.5. The van der Waals surface area contributed by atoms with Gasteiger partial charge in [0.2, 0.25) is 0 Å². The van der Waals surface area contributed by atoms with Crippen molar-refractivity contribution in [2.24, 2.45) is 0 Å². The summed E-state index contributed by atoms with van der Waals surface area (Å²) in [5.74, 6) is 0.608.